The lowest BCUT2D eigenvalue weighted by Crippen LogP contribution is -2.22. The van der Waals surface area contributed by atoms with Crippen molar-refractivity contribution in [3.8, 4) is 5.75 Å². The van der Waals surface area contributed by atoms with E-state index in [1.54, 1.807) is 0 Å². The first-order chi connectivity index (χ1) is 7.91. The minimum atomic E-state index is -1.18. The summed E-state index contributed by atoms with van der Waals surface area (Å²) in [6.07, 6.45) is -2.27. The monoisotopic (exact) mass is 257 g/mol. The lowest BCUT2D eigenvalue weighted by molar-refractivity contribution is -0.109. The van der Waals surface area contributed by atoms with E-state index in [1.807, 2.05) is 0 Å². The van der Waals surface area contributed by atoms with Crippen LogP contribution in [-0.2, 0) is 4.79 Å². The molecule has 0 aliphatic carbocycles. The summed E-state index contributed by atoms with van der Waals surface area (Å²) in [5.74, 6) is 0.0858. The second kappa shape index (κ2) is 5.90. The van der Waals surface area contributed by atoms with Gasteiger partial charge in [0.05, 0.1) is 6.10 Å². The van der Waals surface area contributed by atoms with Crippen molar-refractivity contribution in [1.29, 1.82) is 0 Å². The van der Waals surface area contributed by atoms with Crippen molar-refractivity contribution in [1.82, 2.24) is 0 Å². The maximum absolute atomic E-state index is 10.7. The van der Waals surface area contributed by atoms with E-state index in [0.29, 0.717) is 5.56 Å². The van der Waals surface area contributed by atoms with Gasteiger partial charge in [-0.25, -0.2) is 0 Å². The molecule has 17 heavy (non-hydrogen) atoms. The molecule has 0 spiro atoms. The summed E-state index contributed by atoms with van der Waals surface area (Å²) in [6.45, 7) is 1.39. The number of hydrogen-bond acceptors (Lipinski definition) is 6. The van der Waals surface area contributed by atoms with E-state index in [1.165, 1.54) is 25.1 Å². The molecule has 1 aromatic carbocycles. The number of phenolic OH excluding ortho intramolecular Hbond substituents is 1. The Morgan fingerprint density at radius 1 is 1.47 bits per heavy atom. The molecule has 94 valence electrons. The van der Waals surface area contributed by atoms with Gasteiger partial charge in [0.25, 0.3) is 0 Å². The molecular weight excluding hydrogens is 242 g/mol. The van der Waals surface area contributed by atoms with Crippen molar-refractivity contribution in [3.63, 3.8) is 0 Å². The molecule has 0 fully saturated rings. The first-order valence-electron chi connectivity index (χ1n) is 4.99. The molecule has 5 N–H and O–H groups in total. The number of aliphatic hydroxyl groups excluding tert-OH is 2. The van der Waals surface area contributed by atoms with Crippen LogP contribution in [0.4, 0.5) is 5.69 Å². The standard InChI is InChI=1S/C11H15NO4S/c1-6(13)17-5-10(15)11(16)8-3-2-7(14)4-9(8)12/h2-4,10-11,14-16H,5,12H2,1H3. The third-order valence-electron chi connectivity index (χ3n) is 2.21. The van der Waals surface area contributed by atoms with Gasteiger partial charge >= 0.3 is 0 Å². The lowest BCUT2D eigenvalue weighted by Gasteiger charge is -2.18. The minimum absolute atomic E-state index is 0.00829. The highest BCUT2D eigenvalue weighted by Crippen LogP contribution is 2.27. The molecule has 0 aliphatic rings. The first-order valence-corrected chi connectivity index (χ1v) is 5.98. The number of nitrogen functional groups attached to an aromatic ring is 1. The number of rotatable bonds is 4. The summed E-state index contributed by atoms with van der Waals surface area (Å²) in [6, 6.07) is 4.11. The smallest absolute Gasteiger partial charge is 0.185 e. The summed E-state index contributed by atoms with van der Waals surface area (Å²) < 4.78 is 0. The van der Waals surface area contributed by atoms with Gasteiger partial charge in [0, 0.05) is 30.0 Å². The van der Waals surface area contributed by atoms with Gasteiger partial charge in [-0.1, -0.05) is 17.8 Å². The third-order valence-corrected chi connectivity index (χ3v) is 3.13. The molecule has 0 heterocycles. The number of hydrogen-bond donors (Lipinski definition) is 4. The Labute approximate surface area is 103 Å². The highest BCUT2D eigenvalue weighted by Gasteiger charge is 2.21. The third kappa shape index (κ3) is 3.92. The molecule has 0 aromatic heterocycles. The van der Waals surface area contributed by atoms with E-state index < -0.39 is 12.2 Å². The van der Waals surface area contributed by atoms with Crippen molar-refractivity contribution >= 4 is 22.6 Å². The fraction of sp³-hybridized carbons (Fsp3) is 0.364. The molecule has 6 heteroatoms. The van der Waals surface area contributed by atoms with Gasteiger partial charge in [0.1, 0.15) is 11.9 Å². The zero-order chi connectivity index (χ0) is 13.0. The molecule has 0 bridgehead atoms. The summed E-state index contributed by atoms with van der Waals surface area (Å²) in [7, 11) is 0. The Bertz CT molecular complexity index is 410. The Hall–Kier alpha value is -1.24. The molecule has 0 saturated carbocycles. The number of aliphatic hydroxyl groups is 2. The number of carbonyl (C=O) groups is 1. The van der Waals surface area contributed by atoms with E-state index in [-0.39, 0.29) is 22.3 Å². The number of nitrogens with two attached hydrogens (primary N) is 1. The molecule has 2 unspecified atom stereocenters. The van der Waals surface area contributed by atoms with Crippen molar-refractivity contribution in [3.05, 3.63) is 23.8 Å². The molecule has 0 saturated heterocycles. The van der Waals surface area contributed by atoms with Crippen LogP contribution in [0, 0.1) is 0 Å². The van der Waals surface area contributed by atoms with Crippen LogP contribution in [0.3, 0.4) is 0 Å². The fourth-order valence-corrected chi connectivity index (χ4v) is 1.92. The van der Waals surface area contributed by atoms with Gasteiger partial charge in [-0.15, -0.1) is 0 Å². The van der Waals surface area contributed by atoms with E-state index >= 15 is 0 Å². The molecule has 0 radical (unpaired) electrons. The van der Waals surface area contributed by atoms with Gasteiger partial charge in [-0.3, -0.25) is 4.79 Å². The average Bonchev–Trinajstić information content (AvgIpc) is 2.25. The van der Waals surface area contributed by atoms with Crippen LogP contribution in [0.5, 0.6) is 5.75 Å². The Kier molecular flexibility index (Phi) is 4.80. The number of carbonyl (C=O) groups excluding carboxylic acids is 1. The molecule has 2 atom stereocenters. The minimum Gasteiger partial charge on any atom is -0.508 e. The van der Waals surface area contributed by atoms with Crippen LogP contribution in [0.15, 0.2) is 18.2 Å². The quantitative estimate of drug-likeness (QED) is 0.590. The molecule has 5 nitrogen and oxygen atoms in total. The number of anilines is 1. The summed E-state index contributed by atoms with van der Waals surface area (Å²) in [5, 5.41) is 28.5. The van der Waals surface area contributed by atoms with Crippen molar-refractivity contribution in [2.24, 2.45) is 0 Å². The molecule has 1 rings (SSSR count). The van der Waals surface area contributed by atoms with E-state index in [0.717, 1.165) is 11.8 Å². The molecule has 0 amide bonds. The number of benzene rings is 1. The van der Waals surface area contributed by atoms with E-state index in [9.17, 15) is 15.0 Å². The number of phenols is 1. The van der Waals surface area contributed by atoms with E-state index in [2.05, 4.69) is 0 Å². The van der Waals surface area contributed by atoms with Crippen LogP contribution in [0.25, 0.3) is 0 Å². The van der Waals surface area contributed by atoms with Gasteiger partial charge in [-0.2, -0.15) is 0 Å². The average molecular weight is 257 g/mol. The van der Waals surface area contributed by atoms with Gasteiger partial charge in [-0.05, 0) is 6.07 Å². The maximum atomic E-state index is 10.7. The largest absolute Gasteiger partial charge is 0.508 e. The predicted octanol–water partition coefficient (Wildman–Crippen LogP) is 0.648. The van der Waals surface area contributed by atoms with Crippen LogP contribution < -0.4 is 5.73 Å². The Morgan fingerprint density at radius 2 is 2.12 bits per heavy atom. The molecular formula is C11H15NO4S. The maximum Gasteiger partial charge on any atom is 0.185 e. The Balaban J connectivity index is 2.74. The molecule has 1 aromatic rings. The van der Waals surface area contributed by atoms with Gasteiger partial charge in [0.15, 0.2) is 5.12 Å². The van der Waals surface area contributed by atoms with Crippen molar-refractivity contribution in [2.75, 3.05) is 11.5 Å². The normalized spacial score (nSPS) is 14.3. The van der Waals surface area contributed by atoms with Crippen LogP contribution in [0.2, 0.25) is 0 Å². The zero-order valence-corrected chi connectivity index (χ0v) is 10.1. The van der Waals surface area contributed by atoms with E-state index in [4.69, 9.17) is 10.8 Å². The highest BCUT2D eigenvalue weighted by atomic mass is 32.2. The SMILES string of the molecule is CC(=O)SCC(O)C(O)c1ccc(O)cc1N. The van der Waals surface area contributed by atoms with Crippen LogP contribution in [-0.4, -0.2) is 32.3 Å². The predicted molar refractivity (Wildman–Crippen MR) is 66.6 cm³/mol. The summed E-state index contributed by atoms with van der Waals surface area (Å²) in [4.78, 5) is 10.7. The van der Waals surface area contributed by atoms with Gasteiger partial charge in [0.2, 0.25) is 0 Å². The second-order valence-electron chi connectivity index (χ2n) is 3.63. The number of aromatic hydroxyl groups is 1. The molecule has 0 aliphatic heterocycles. The zero-order valence-electron chi connectivity index (χ0n) is 9.33. The van der Waals surface area contributed by atoms with Crippen LogP contribution >= 0.6 is 11.8 Å². The highest BCUT2D eigenvalue weighted by molar-refractivity contribution is 8.13. The van der Waals surface area contributed by atoms with Crippen LogP contribution in [0.1, 0.15) is 18.6 Å². The van der Waals surface area contributed by atoms with Gasteiger partial charge < -0.3 is 21.1 Å². The fourth-order valence-electron chi connectivity index (χ4n) is 1.33. The number of thioether (sulfide) groups is 1. The van der Waals surface area contributed by atoms with Crippen molar-refractivity contribution in [2.45, 2.75) is 19.1 Å². The Morgan fingerprint density at radius 3 is 2.65 bits per heavy atom. The topological polar surface area (TPSA) is 104 Å². The van der Waals surface area contributed by atoms with Crippen molar-refractivity contribution < 1.29 is 20.1 Å². The summed E-state index contributed by atoms with van der Waals surface area (Å²) >= 11 is 0.932. The summed E-state index contributed by atoms with van der Waals surface area (Å²) in [5.41, 5.74) is 6.14. The second-order valence-corrected chi connectivity index (χ2v) is 4.82. The lowest BCUT2D eigenvalue weighted by atomic mass is 10.0. The first kappa shape index (κ1) is 13.8.